The van der Waals surface area contributed by atoms with Gasteiger partial charge in [0.25, 0.3) is 0 Å². The molecule has 1 amide bonds. The summed E-state index contributed by atoms with van der Waals surface area (Å²) in [7, 11) is 0. The topological polar surface area (TPSA) is 43.1 Å². The van der Waals surface area contributed by atoms with Gasteiger partial charge in [-0.15, -0.1) is 0 Å². The lowest BCUT2D eigenvalue weighted by Gasteiger charge is -2.15. The predicted octanol–water partition coefficient (Wildman–Crippen LogP) is 3.10. The van der Waals surface area contributed by atoms with Crippen LogP contribution in [0.3, 0.4) is 0 Å². The summed E-state index contributed by atoms with van der Waals surface area (Å²) < 4.78 is 0. The third-order valence-corrected chi connectivity index (χ3v) is 3.36. The molecule has 2 nitrogen and oxygen atoms in total. The van der Waals surface area contributed by atoms with Gasteiger partial charge >= 0.3 is 0 Å². The molecular formula is C13H16ClNO. The van der Waals surface area contributed by atoms with E-state index >= 15 is 0 Å². The van der Waals surface area contributed by atoms with Crippen molar-refractivity contribution in [2.45, 2.75) is 31.6 Å². The summed E-state index contributed by atoms with van der Waals surface area (Å²) in [4.78, 5) is 11.0. The molecule has 1 aromatic rings. The summed E-state index contributed by atoms with van der Waals surface area (Å²) in [6.07, 6.45) is 4.11. The third-order valence-electron chi connectivity index (χ3n) is 3.10. The molecule has 0 heterocycles. The van der Waals surface area contributed by atoms with Gasteiger partial charge in [0.2, 0.25) is 5.91 Å². The zero-order chi connectivity index (χ0) is 11.5. The first-order valence-corrected chi connectivity index (χ1v) is 6.06. The van der Waals surface area contributed by atoms with Crippen LogP contribution >= 0.6 is 11.6 Å². The quantitative estimate of drug-likeness (QED) is 0.840. The number of benzene rings is 1. The maximum absolute atomic E-state index is 11.0. The minimum Gasteiger partial charge on any atom is -0.370 e. The average molecular weight is 238 g/mol. The molecule has 0 saturated heterocycles. The number of hydrogen-bond acceptors (Lipinski definition) is 1. The monoisotopic (exact) mass is 237 g/mol. The molecule has 1 aliphatic rings. The molecule has 0 aromatic heterocycles. The predicted molar refractivity (Wildman–Crippen MR) is 65.3 cm³/mol. The molecule has 2 rings (SSSR count). The molecule has 1 aromatic carbocycles. The molecule has 16 heavy (non-hydrogen) atoms. The van der Waals surface area contributed by atoms with Crippen LogP contribution in [0.4, 0.5) is 0 Å². The van der Waals surface area contributed by atoms with Crippen LogP contribution in [-0.4, -0.2) is 5.91 Å². The van der Waals surface area contributed by atoms with E-state index in [0.717, 1.165) is 17.4 Å². The lowest BCUT2D eigenvalue weighted by atomic mass is 9.90. The van der Waals surface area contributed by atoms with Crippen LogP contribution in [0.5, 0.6) is 0 Å². The Bertz CT molecular complexity index is 370. The molecule has 0 aliphatic heterocycles. The minimum absolute atomic E-state index is 0.222. The van der Waals surface area contributed by atoms with E-state index in [4.69, 9.17) is 17.3 Å². The van der Waals surface area contributed by atoms with Gasteiger partial charge in [-0.25, -0.2) is 0 Å². The summed E-state index contributed by atoms with van der Waals surface area (Å²) in [5.41, 5.74) is 6.47. The van der Waals surface area contributed by atoms with Crippen molar-refractivity contribution in [3.8, 4) is 0 Å². The number of carbonyl (C=O) groups excluding carboxylic acids is 1. The summed E-state index contributed by atoms with van der Waals surface area (Å²) in [6.45, 7) is 0. The van der Waals surface area contributed by atoms with Gasteiger partial charge in [0.1, 0.15) is 0 Å². The second-order valence-electron chi connectivity index (χ2n) is 4.60. The number of rotatable bonds is 5. The largest absolute Gasteiger partial charge is 0.370 e. The maximum atomic E-state index is 11.0. The molecule has 1 fully saturated rings. The van der Waals surface area contributed by atoms with Crippen molar-refractivity contribution in [2.24, 2.45) is 11.7 Å². The van der Waals surface area contributed by atoms with E-state index in [0.29, 0.717) is 6.42 Å². The molecule has 0 bridgehead atoms. The number of primary amides is 1. The van der Waals surface area contributed by atoms with Crippen molar-refractivity contribution >= 4 is 17.5 Å². The van der Waals surface area contributed by atoms with Gasteiger partial charge in [-0.3, -0.25) is 4.79 Å². The van der Waals surface area contributed by atoms with Crippen molar-refractivity contribution in [3.63, 3.8) is 0 Å². The molecule has 3 heteroatoms. The molecule has 1 aliphatic carbocycles. The summed E-state index contributed by atoms with van der Waals surface area (Å²) in [5.74, 6) is 0.836. The van der Waals surface area contributed by atoms with Crippen molar-refractivity contribution in [3.05, 3.63) is 34.9 Å². The Morgan fingerprint density at radius 2 is 2.00 bits per heavy atom. The average Bonchev–Trinajstić information content (AvgIpc) is 3.01. The van der Waals surface area contributed by atoms with E-state index in [1.807, 2.05) is 24.3 Å². The van der Waals surface area contributed by atoms with Gasteiger partial charge in [0, 0.05) is 11.4 Å². The second-order valence-corrected chi connectivity index (χ2v) is 5.03. The van der Waals surface area contributed by atoms with Gasteiger partial charge in [0.05, 0.1) is 0 Å². The number of halogens is 1. The third kappa shape index (κ3) is 3.24. The van der Waals surface area contributed by atoms with Gasteiger partial charge in [0.15, 0.2) is 0 Å². The Hall–Kier alpha value is -1.02. The fraction of sp³-hybridized carbons (Fsp3) is 0.462. The molecule has 1 saturated carbocycles. The van der Waals surface area contributed by atoms with Gasteiger partial charge in [-0.2, -0.15) is 0 Å². The van der Waals surface area contributed by atoms with Gasteiger partial charge < -0.3 is 5.73 Å². The van der Waals surface area contributed by atoms with Crippen LogP contribution in [0.2, 0.25) is 5.02 Å². The SMILES string of the molecule is NC(=O)CC(CC1CC1)c1ccc(Cl)cc1. The molecule has 1 atom stereocenters. The highest BCUT2D eigenvalue weighted by atomic mass is 35.5. The highest BCUT2D eigenvalue weighted by Gasteiger charge is 2.27. The highest BCUT2D eigenvalue weighted by Crippen LogP contribution is 2.40. The molecule has 1 unspecified atom stereocenters. The summed E-state index contributed by atoms with van der Waals surface area (Å²) in [5, 5.41) is 0.730. The van der Waals surface area contributed by atoms with E-state index in [9.17, 15) is 4.79 Å². The van der Waals surface area contributed by atoms with E-state index in [1.165, 1.54) is 18.4 Å². The van der Waals surface area contributed by atoms with E-state index in [1.54, 1.807) is 0 Å². The lowest BCUT2D eigenvalue weighted by molar-refractivity contribution is -0.118. The molecular weight excluding hydrogens is 222 g/mol. The first-order valence-electron chi connectivity index (χ1n) is 5.69. The molecule has 0 spiro atoms. The fourth-order valence-electron chi connectivity index (χ4n) is 2.07. The number of carbonyl (C=O) groups is 1. The summed E-state index contributed by atoms with van der Waals surface area (Å²) >= 11 is 5.85. The van der Waals surface area contributed by atoms with Crippen LogP contribution in [0.1, 0.15) is 37.2 Å². The van der Waals surface area contributed by atoms with Crippen molar-refractivity contribution in [1.82, 2.24) is 0 Å². The Balaban J connectivity index is 2.09. The molecule has 2 N–H and O–H groups in total. The Morgan fingerprint density at radius 1 is 1.38 bits per heavy atom. The van der Waals surface area contributed by atoms with Gasteiger partial charge in [-0.05, 0) is 36.0 Å². The van der Waals surface area contributed by atoms with Crippen LogP contribution in [-0.2, 0) is 4.79 Å². The van der Waals surface area contributed by atoms with Crippen LogP contribution < -0.4 is 5.73 Å². The lowest BCUT2D eigenvalue weighted by Crippen LogP contribution is -2.15. The Morgan fingerprint density at radius 3 is 2.50 bits per heavy atom. The van der Waals surface area contributed by atoms with Crippen molar-refractivity contribution in [2.75, 3.05) is 0 Å². The first kappa shape index (κ1) is 11.5. The van der Waals surface area contributed by atoms with Crippen LogP contribution in [0.25, 0.3) is 0 Å². The number of nitrogens with two attached hydrogens (primary N) is 1. The molecule has 0 radical (unpaired) electrons. The van der Waals surface area contributed by atoms with E-state index in [-0.39, 0.29) is 11.8 Å². The normalized spacial score (nSPS) is 17.1. The van der Waals surface area contributed by atoms with Crippen molar-refractivity contribution < 1.29 is 4.79 Å². The van der Waals surface area contributed by atoms with Crippen LogP contribution in [0, 0.1) is 5.92 Å². The zero-order valence-electron chi connectivity index (χ0n) is 9.16. The van der Waals surface area contributed by atoms with Crippen LogP contribution in [0.15, 0.2) is 24.3 Å². The Labute approximate surface area is 101 Å². The van der Waals surface area contributed by atoms with E-state index < -0.39 is 0 Å². The highest BCUT2D eigenvalue weighted by molar-refractivity contribution is 6.30. The first-order chi connectivity index (χ1) is 7.65. The van der Waals surface area contributed by atoms with E-state index in [2.05, 4.69) is 0 Å². The summed E-state index contributed by atoms with van der Waals surface area (Å²) in [6, 6.07) is 7.74. The van der Waals surface area contributed by atoms with Crippen molar-refractivity contribution in [1.29, 1.82) is 0 Å². The minimum atomic E-state index is -0.222. The maximum Gasteiger partial charge on any atom is 0.218 e. The number of hydrogen-bond donors (Lipinski definition) is 1. The smallest absolute Gasteiger partial charge is 0.218 e. The van der Waals surface area contributed by atoms with Gasteiger partial charge in [-0.1, -0.05) is 36.6 Å². The molecule has 86 valence electrons. The Kier molecular flexibility index (Phi) is 3.49. The fourth-order valence-corrected chi connectivity index (χ4v) is 2.20. The number of amides is 1. The zero-order valence-corrected chi connectivity index (χ0v) is 9.91. The second kappa shape index (κ2) is 4.88. The standard InChI is InChI=1S/C13H16ClNO/c14-12-5-3-10(4-6-12)11(8-13(15)16)7-9-1-2-9/h3-6,9,11H,1-2,7-8H2,(H2,15,16).